The highest BCUT2D eigenvalue weighted by Gasteiger charge is 2.48. The maximum Gasteiger partial charge on any atom is 0.231 e. The highest BCUT2D eigenvalue weighted by Crippen LogP contribution is 2.45. The van der Waals surface area contributed by atoms with Crippen molar-refractivity contribution in [1.82, 2.24) is 0 Å². The van der Waals surface area contributed by atoms with Gasteiger partial charge in [0.2, 0.25) is 5.91 Å². The maximum atomic E-state index is 12.0. The van der Waals surface area contributed by atoms with Gasteiger partial charge in [-0.1, -0.05) is 12.1 Å². The summed E-state index contributed by atoms with van der Waals surface area (Å²) in [4.78, 5) is 12.0. The average molecular weight is 229 g/mol. The van der Waals surface area contributed by atoms with Crippen molar-refractivity contribution in [2.45, 2.75) is 19.8 Å². The van der Waals surface area contributed by atoms with Crippen molar-refractivity contribution < 1.29 is 4.79 Å². The first kappa shape index (κ1) is 11.6. The SMILES string of the molecule is Cc1cccc(NC(=O)C2(CN)CC2)c1C#N. The molecule has 1 amide bonds. The lowest BCUT2D eigenvalue weighted by atomic mass is 10.0. The number of aryl methyl sites for hydroxylation is 1. The lowest BCUT2D eigenvalue weighted by Gasteiger charge is -2.14. The van der Waals surface area contributed by atoms with E-state index in [0.717, 1.165) is 18.4 Å². The number of amides is 1. The van der Waals surface area contributed by atoms with E-state index in [1.165, 1.54) is 0 Å². The van der Waals surface area contributed by atoms with E-state index < -0.39 is 5.41 Å². The van der Waals surface area contributed by atoms with Gasteiger partial charge >= 0.3 is 0 Å². The van der Waals surface area contributed by atoms with Gasteiger partial charge in [-0.2, -0.15) is 5.26 Å². The average Bonchev–Trinajstić information content (AvgIpc) is 3.10. The van der Waals surface area contributed by atoms with Crippen LogP contribution in [0.15, 0.2) is 18.2 Å². The van der Waals surface area contributed by atoms with Crippen molar-refractivity contribution >= 4 is 11.6 Å². The Bertz CT molecular complexity index is 498. The fraction of sp³-hybridized carbons (Fsp3) is 0.385. The van der Waals surface area contributed by atoms with Gasteiger partial charge in [-0.25, -0.2) is 0 Å². The summed E-state index contributed by atoms with van der Waals surface area (Å²) in [5, 5.41) is 11.9. The van der Waals surface area contributed by atoms with E-state index in [1.54, 1.807) is 6.07 Å². The second kappa shape index (κ2) is 4.19. The Morgan fingerprint density at radius 3 is 2.82 bits per heavy atom. The highest BCUT2D eigenvalue weighted by molar-refractivity contribution is 5.98. The van der Waals surface area contributed by atoms with Crippen LogP contribution in [0.25, 0.3) is 0 Å². The molecule has 1 aromatic carbocycles. The number of hydrogen-bond donors (Lipinski definition) is 2. The molecule has 1 saturated carbocycles. The van der Waals surface area contributed by atoms with E-state index in [1.807, 2.05) is 19.1 Å². The zero-order valence-corrected chi connectivity index (χ0v) is 9.79. The minimum Gasteiger partial charge on any atom is -0.329 e. The number of nitrogens with two attached hydrogens (primary N) is 1. The van der Waals surface area contributed by atoms with Crippen molar-refractivity contribution in [1.29, 1.82) is 5.26 Å². The predicted octanol–water partition coefficient (Wildman–Crippen LogP) is 1.54. The normalized spacial score (nSPS) is 16.1. The first-order valence-electron chi connectivity index (χ1n) is 5.64. The molecule has 2 rings (SSSR count). The number of nitrogens with one attached hydrogen (secondary N) is 1. The summed E-state index contributed by atoms with van der Waals surface area (Å²) < 4.78 is 0. The summed E-state index contributed by atoms with van der Waals surface area (Å²) in [7, 11) is 0. The molecule has 0 aromatic heterocycles. The molecule has 0 saturated heterocycles. The van der Waals surface area contributed by atoms with E-state index in [-0.39, 0.29) is 5.91 Å². The largest absolute Gasteiger partial charge is 0.329 e. The quantitative estimate of drug-likeness (QED) is 0.825. The van der Waals surface area contributed by atoms with Crippen molar-refractivity contribution in [3.05, 3.63) is 29.3 Å². The zero-order valence-electron chi connectivity index (χ0n) is 9.79. The summed E-state index contributed by atoms with van der Waals surface area (Å²) in [5.41, 5.74) is 7.17. The second-order valence-electron chi connectivity index (χ2n) is 4.55. The van der Waals surface area contributed by atoms with Gasteiger partial charge in [-0.3, -0.25) is 4.79 Å². The van der Waals surface area contributed by atoms with Gasteiger partial charge < -0.3 is 11.1 Å². The number of hydrogen-bond acceptors (Lipinski definition) is 3. The van der Waals surface area contributed by atoms with Gasteiger partial charge in [-0.15, -0.1) is 0 Å². The fourth-order valence-corrected chi connectivity index (χ4v) is 1.85. The number of benzene rings is 1. The smallest absolute Gasteiger partial charge is 0.231 e. The molecule has 0 atom stereocenters. The summed E-state index contributed by atoms with van der Waals surface area (Å²) in [6.45, 7) is 2.22. The Morgan fingerprint density at radius 1 is 1.59 bits per heavy atom. The first-order valence-corrected chi connectivity index (χ1v) is 5.64. The van der Waals surface area contributed by atoms with Crippen LogP contribution in [0.3, 0.4) is 0 Å². The van der Waals surface area contributed by atoms with Crippen LogP contribution in [0.1, 0.15) is 24.0 Å². The number of nitrogens with zero attached hydrogens (tertiary/aromatic N) is 1. The number of carbonyl (C=O) groups is 1. The molecular weight excluding hydrogens is 214 g/mol. The van der Waals surface area contributed by atoms with Crippen LogP contribution < -0.4 is 11.1 Å². The maximum absolute atomic E-state index is 12.0. The molecule has 0 radical (unpaired) electrons. The Hall–Kier alpha value is -1.86. The predicted molar refractivity (Wildman–Crippen MR) is 65.2 cm³/mol. The van der Waals surface area contributed by atoms with Crippen LogP contribution >= 0.6 is 0 Å². The molecule has 0 unspecified atom stereocenters. The molecule has 88 valence electrons. The van der Waals surface area contributed by atoms with Gasteiger partial charge in [-0.05, 0) is 31.4 Å². The molecule has 0 heterocycles. The molecule has 1 fully saturated rings. The fourth-order valence-electron chi connectivity index (χ4n) is 1.85. The van der Waals surface area contributed by atoms with Gasteiger partial charge in [0.1, 0.15) is 6.07 Å². The Labute approximate surface area is 100 Å². The van der Waals surface area contributed by atoms with E-state index in [0.29, 0.717) is 17.8 Å². The first-order chi connectivity index (χ1) is 8.13. The van der Waals surface area contributed by atoms with E-state index in [9.17, 15) is 4.79 Å². The topological polar surface area (TPSA) is 78.9 Å². The molecule has 0 bridgehead atoms. The summed E-state index contributed by atoms with van der Waals surface area (Å²) in [5.74, 6) is -0.0675. The van der Waals surface area contributed by atoms with Crippen LogP contribution in [0.5, 0.6) is 0 Å². The van der Waals surface area contributed by atoms with Gasteiger partial charge in [0.15, 0.2) is 0 Å². The lowest BCUT2D eigenvalue weighted by Crippen LogP contribution is -2.31. The van der Waals surface area contributed by atoms with E-state index in [4.69, 9.17) is 11.0 Å². The monoisotopic (exact) mass is 229 g/mol. The molecule has 1 aliphatic rings. The Balaban J connectivity index is 2.23. The Morgan fingerprint density at radius 2 is 2.29 bits per heavy atom. The van der Waals surface area contributed by atoms with E-state index in [2.05, 4.69) is 11.4 Å². The minimum absolute atomic E-state index is 0.0675. The van der Waals surface area contributed by atoms with Crippen LogP contribution in [-0.4, -0.2) is 12.5 Å². The molecule has 17 heavy (non-hydrogen) atoms. The molecule has 3 N–H and O–H groups in total. The van der Waals surface area contributed by atoms with Crippen molar-refractivity contribution in [2.75, 3.05) is 11.9 Å². The van der Waals surface area contributed by atoms with Gasteiger partial charge in [0.25, 0.3) is 0 Å². The molecule has 0 aliphatic heterocycles. The third-order valence-corrected chi connectivity index (χ3v) is 3.36. The van der Waals surface area contributed by atoms with Crippen molar-refractivity contribution in [3.8, 4) is 6.07 Å². The van der Waals surface area contributed by atoms with Gasteiger partial charge in [0.05, 0.1) is 16.7 Å². The Kier molecular flexibility index (Phi) is 2.86. The molecule has 4 nitrogen and oxygen atoms in total. The van der Waals surface area contributed by atoms with Crippen LogP contribution in [0.4, 0.5) is 5.69 Å². The number of carbonyl (C=O) groups excluding carboxylic acids is 1. The number of rotatable bonds is 3. The third kappa shape index (κ3) is 2.02. The summed E-state index contributed by atoms with van der Waals surface area (Å²) >= 11 is 0. The molecule has 4 heteroatoms. The minimum atomic E-state index is -0.392. The standard InChI is InChI=1S/C13H15N3O/c1-9-3-2-4-11(10(9)7-14)16-12(17)13(8-15)5-6-13/h2-4H,5-6,8,15H2,1H3,(H,16,17). The van der Waals surface area contributed by atoms with Crippen molar-refractivity contribution in [3.63, 3.8) is 0 Å². The second-order valence-corrected chi connectivity index (χ2v) is 4.55. The molecule has 1 aromatic rings. The lowest BCUT2D eigenvalue weighted by molar-refractivity contribution is -0.120. The van der Waals surface area contributed by atoms with Gasteiger partial charge in [0, 0.05) is 6.54 Å². The molecular formula is C13H15N3O. The number of anilines is 1. The van der Waals surface area contributed by atoms with Crippen LogP contribution in [0.2, 0.25) is 0 Å². The van der Waals surface area contributed by atoms with Crippen LogP contribution in [0, 0.1) is 23.7 Å². The summed E-state index contributed by atoms with van der Waals surface area (Å²) in [6, 6.07) is 7.54. The number of nitriles is 1. The highest BCUT2D eigenvalue weighted by atomic mass is 16.2. The molecule has 1 aliphatic carbocycles. The van der Waals surface area contributed by atoms with E-state index >= 15 is 0 Å². The third-order valence-electron chi connectivity index (χ3n) is 3.36. The summed E-state index contributed by atoms with van der Waals surface area (Å²) in [6.07, 6.45) is 1.67. The zero-order chi connectivity index (χ0) is 12.5. The van der Waals surface area contributed by atoms with Crippen LogP contribution in [-0.2, 0) is 4.79 Å². The van der Waals surface area contributed by atoms with Crippen molar-refractivity contribution in [2.24, 2.45) is 11.1 Å². The molecule has 0 spiro atoms.